The van der Waals surface area contributed by atoms with Crippen molar-refractivity contribution in [1.29, 1.82) is 0 Å². The van der Waals surface area contributed by atoms with Crippen LogP contribution >= 0.6 is 0 Å². The molecule has 0 aliphatic heterocycles. The molecule has 0 spiro atoms. The highest BCUT2D eigenvalue weighted by molar-refractivity contribution is 6.03. The summed E-state index contributed by atoms with van der Waals surface area (Å²) < 4.78 is 5.62. The zero-order valence-corrected chi connectivity index (χ0v) is 14.2. The van der Waals surface area contributed by atoms with E-state index in [9.17, 15) is 9.90 Å². The van der Waals surface area contributed by atoms with Crippen molar-refractivity contribution in [3.63, 3.8) is 0 Å². The number of phenolic OH excluding ortho intramolecular Hbond substituents is 1. The number of hydrogen-bond donors (Lipinski definition) is 2. The van der Waals surface area contributed by atoms with Crippen LogP contribution in [0.5, 0.6) is 11.5 Å². The molecule has 0 radical (unpaired) electrons. The molecule has 4 nitrogen and oxygen atoms in total. The lowest BCUT2D eigenvalue weighted by Gasteiger charge is -2.10. The quantitative estimate of drug-likeness (QED) is 0.696. The molecule has 0 fully saturated rings. The Morgan fingerprint density at radius 1 is 1.00 bits per heavy atom. The van der Waals surface area contributed by atoms with Gasteiger partial charge in [-0.25, -0.2) is 0 Å². The molecule has 1 amide bonds. The van der Waals surface area contributed by atoms with Gasteiger partial charge in [0.1, 0.15) is 11.5 Å². The number of fused-ring (bicyclic) bond motifs is 1. The standard InChI is InChI=1S/C21H21NO3/c1-2-15-9-11-16(12-10-15)25-14-13-21(24)22-19-7-3-6-18-17(19)5-4-8-20(18)23/h3-12,23H,2,13-14H2,1H3,(H,22,24). The Bertz CT molecular complexity index is 872. The van der Waals surface area contributed by atoms with Crippen LogP contribution in [0.2, 0.25) is 0 Å². The number of aromatic hydroxyl groups is 1. The summed E-state index contributed by atoms with van der Waals surface area (Å²) >= 11 is 0. The summed E-state index contributed by atoms with van der Waals surface area (Å²) in [7, 11) is 0. The lowest BCUT2D eigenvalue weighted by atomic mass is 10.1. The summed E-state index contributed by atoms with van der Waals surface area (Å²) in [4.78, 5) is 12.2. The van der Waals surface area contributed by atoms with E-state index in [1.54, 1.807) is 12.1 Å². The number of aryl methyl sites for hydroxylation is 1. The number of anilines is 1. The second-order valence-corrected chi connectivity index (χ2v) is 5.82. The Kier molecular flexibility index (Phi) is 5.19. The minimum absolute atomic E-state index is 0.124. The van der Waals surface area contributed by atoms with Gasteiger partial charge in [-0.15, -0.1) is 0 Å². The van der Waals surface area contributed by atoms with E-state index in [2.05, 4.69) is 12.2 Å². The second-order valence-electron chi connectivity index (χ2n) is 5.82. The first-order chi connectivity index (χ1) is 12.2. The van der Waals surface area contributed by atoms with Gasteiger partial charge in [0.25, 0.3) is 0 Å². The molecule has 0 aromatic heterocycles. The number of nitrogens with one attached hydrogen (secondary N) is 1. The molecule has 25 heavy (non-hydrogen) atoms. The lowest BCUT2D eigenvalue weighted by Crippen LogP contribution is -2.15. The van der Waals surface area contributed by atoms with Crippen molar-refractivity contribution < 1.29 is 14.6 Å². The minimum atomic E-state index is -0.124. The van der Waals surface area contributed by atoms with Gasteiger partial charge in [-0.3, -0.25) is 4.79 Å². The Morgan fingerprint density at radius 3 is 2.48 bits per heavy atom. The fraction of sp³-hybridized carbons (Fsp3) is 0.190. The summed E-state index contributed by atoms with van der Waals surface area (Å²) in [5, 5.41) is 14.3. The SMILES string of the molecule is CCc1ccc(OCCC(=O)Nc2cccc3c(O)cccc23)cc1. The molecule has 128 valence electrons. The molecule has 3 rings (SSSR count). The molecule has 0 aliphatic rings. The average molecular weight is 335 g/mol. The predicted molar refractivity (Wildman–Crippen MR) is 100 cm³/mol. The van der Waals surface area contributed by atoms with Crippen molar-refractivity contribution in [2.75, 3.05) is 11.9 Å². The van der Waals surface area contributed by atoms with Gasteiger partial charge < -0.3 is 15.2 Å². The van der Waals surface area contributed by atoms with E-state index in [0.717, 1.165) is 17.6 Å². The van der Waals surface area contributed by atoms with Crippen molar-refractivity contribution in [2.24, 2.45) is 0 Å². The predicted octanol–water partition coefficient (Wildman–Crippen LogP) is 4.52. The second kappa shape index (κ2) is 7.71. The van der Waals surface area contributed by atoms with E-state index in [1.165, 1.54) is 5.56 Å². The summed E-state index contributed by atoms with van der Waals surface area (Å²) in [6.45, 7) is 2.42. The van der Waals surface area contributed by atoms with E-state index in [1.807, 2.05) is 48.5 Å². The third-order valence-corrected chi connectivity index (χ3v) is 4.10. The zero-order valence-electron chi connectivity index (χ0n) is 14.2. The van der Waals surface area contributed by atoms with Crippen molar-refractivity contribution in [3.8, 4) is 11.5 Å². The van der Waals surface area contributed by atoms with Crippen LogP contribution < -0.4 is 10.1 Å². The fourth-order valence-electron chi connectivity index (χ4n) is 2.70. The van der Waals surface area contributed by atoms with E-state index in [0.29, 0.717) is 17.7 Å². The number of carbonyl (C=O) groups excluding carboxylic acids is 1. The number of ether oxygens (including phenoxy) is 1. The summed E-state index contributed by atoms with van der Waals surface area (Å²) in [5.41, 5.74) is 1.94. The van der Waals surface area contributed by atoms with Crippen LogP contribution in [0.25, 0.3) is 10.8 Å². The van der Waals surface area contributed by atoms with Gasteiger partial charge in [-0.2, -0.15) is 0 Å². The maximum atomic E-state index is 12.2. The maximum Gasteiger partial charge on any atom is 0.227 e. The Hall–Kier alpha value is -3.01. The first kappa shape index (κ1) is 16.8. The van der Waals surface area contributed by atoms with Crippen molar-refractivity contribution in [2.45, 2.75) is 19.8 Å². The molecule has 0 saturated heterocycles. The van der Waals surface area contributed by atoms with Crippen molar-refractivity contribution >= 4 is 22.4 Å². The van der Waals surface area contributed by atoms with Crippen LogP contribution in [-0.4, -0.2) is 17.6 Å². The van der Waals surface area contributed by atoms with E-state index in [4.69, 9.17) is 4.74 Å². The number of carbonyl (C=O) groups is 1. The third-order valence-electron chi connectivity index (χ3n) is 4.10. The van der Waals surface area contributed by atoms with E-state index >= 15 is 0 Å². The number of rotatable bonds is 6. The van der Waals surface area contributed by atoms with Crippen molar-refractivity contribution in [3.05, 3.63) is 66.2 Å². The summed E-state index contributed by atoms with van der Waals surface area (Å²) in [5.74, 6) is 0.841. The van der Waals surface area contributed by atoms with Gasteiger partial charge in [-0.1, -0.05) is 43.3 Å². The molecule has 0 saturated carbocycles. The number of amides is 1. The summed E-state index contributed by atoms with van der Waals surface area (Å²) in [6, 6.07) is 18.6. The van der Waals surface area contributed by atoms with Crippen LogP contribution in [0.4, 0.5) is 5.69 Å². The van der Waals surface area contributed by atoms with E-state index < -0.39 is 0 Å². The smallest absolute Gasteiger partial charge is 0.227 e. The Balaban J connectivity index is 1.58. The van der Waals surface area contributed by atoms with Gasteiger partial charge in [0.2, 0.25) is 5.91 Å². The molecule has 0 atom stereocenters. The topological polar surface area (TPSA) is 58.6 Å². The van der Waals surface area contributed by atoms with Crippen LogP contribution in [0.15, 0.2) is 60.7 Å². The number of phenols is 1. The monoisotopic (exact) mass is 335 g/mol. The fourth-order valence-corrected chi connectivity index (χ4v) is 2.70. The van der Waals surface area contributed by atoms with Crippen LogP contribution in [0, 0.1) is 0 Å². The molecular formula is C21H21NO3. The first-order valence-corrected chi connectivity index (χ1v) is 8.39. The number of hydrogen-bond acceptors (Lipinski definition) is 3. The zero-order chi connectivity index (χ0) is 17.6. The summed E-state index contributed by atoms with van der Waals surface area (Å²) in [6.07, 6.45) is 1.24. The molecule has 3 aromatic carbocycles. The maximum absolute atomic E-state index is 12.2. The largest absolute Gasteiger partial charge is 0.507 e. The third kappa shape index (κ3) is 4.10. The van der Waals surface area contributed by atoms with Gasteiger partial charge >= 0.3 is 0 Å². The van der Waals surface area contributed by atoms with Crippen molar-refractivity contribution in [1.82, 2.24) is 0 Å². The first-order valence-electron chi connectivity index (χ1n) is 8.39. The number of benzene rings is 3. The highest BCUT2D eigenvalue weighted by atomic mass is 16.5. The van der Waals surface area contributed by atoms with Gasteiger partial charge in [-0.05, 0) is 36.2 Å². The van der Waals surface area contributed by atoms with Gasteiger partial charge in [0.15, 0.2) is 0 Å². The van der Waals surface area contributed by atoms with Crippen LogP contribution in [-0.2, 0) is 11.2 Å². The Morgan fingerprint density at radius 2 is 1.72 bits per heavy atom. The normalized spacial score (nSPS) is 10.6. The van der Waals surface area contributed by atoms with E-state index in [-0.39, 0.29) is 18.1 Å². The van der Waals surface area contributed by atoms with Gasteiger partial charge in [0, 0.05) is 16.5 Å². The highest BCUT2D eigenvalue weighted by Gasteiger charge is 2.08. The average Bonchev–Trinajstić information content (AvgIpc) is 2.63. The molecule has 0 unspecified atom stereocenters. The van der Waals surface area contributed by atoms with Crippen LogP contribution in [0.3, 0.4) is 0 Å². The van der Waals surface area contributed by atoms with Crippen LogP contribution in [0.1, 0.15) is 18.9 Å². The molecule has 0 heterocycles. The Labute approximate surface area is 147 Å². The molecule has 0 aliphatic carbocycles. The minimum Gasteiger partial charge on any atom is -0.507 e. The molecule has 4 heteroatoms. The molecular weight excluding hydrogens is 314 g/mol. The molecule has 0 bridgehead atoms. The molecule has 2 N–H and O–H groups in total. The molecule has 3 aromatic rings. The van der Waals surface area contributed by atoms with Gasteiger partial charge in [0.05, 0.1) is 13.0 Å². The lowest BCUT2D eigenvalue weighted by molar-refractivity contribution is -0.116. The highest BCUT2D eigenvalue weighted by Crippen LogP contribution is 2.29.